The molecule has 2 atom stereocenters. The lowest BCUT2D eigenvalue weighted by Crippen LogP contribution is -2.35. The smallest absolute Gasteiger partial charge is 0.239 e. The maximum absolute atomic E-state index is 11.8. The zero-order valence-corrected chi connectivity index (χ0v) is 13.6. The highest BCUT2D eigenvalue weighted by Gasteiger charge is 2.22. The number of nitrogens with one attached hydrogen (secondary N) is 1. The van der Waals surface area contributed by atoms with Crippen LogP contribution in [0.15, 0.2) is 48.5 Å². The molecule has 0 aliphatic rings. The molecule has 2 aromatic carbocycles. The summed E-state index contributed by atoms with van der Waals surface area (Å²) in [4.78, 5) is 11.8. The van der Waals surface area contributed by atoms with Crippen molar-refractivity contribution in [1.82, 2.24) is 5.32 Å². The van der Waals surface area contributed by atoms with Crippen LogP contribution in [0, 0.1) is 0 Å². The molecule has 0 saturated heterocycles. The maximum Gasteiger partial charge on any atom is 0.239 e. The van der Waals surface area contributed by atoms with E-state index in [2.05, 4.69) is 5.32 Å². The minimum absolute atomic E-state index is 0.155. The second kappa shape index (κ2) is 7.65. The molecule has 0 bridgehead atoms. The molecule has 2 aromatic rings. The van der Waals surface area contributed by atoms with Gasteiger partial charge in [0.2, 0.25) is 5.91 Å². The van der Waals surface area contributed by atoms with E-state index in [4.69, 9.17) is 15.2 Å². The molecule has 0 radical (unpaired) electrons. The van der Waals surface area contributed by atoms with Crippen LogP contribution in [0.3, 0.4) is 0 Å². The minimum Gasteiger partial charge on any atom is -0.497 e. The number of amides is 1. The molecule has 0 aliphatic carbocycles. The molecule has 5 heteroatoms. The number of benzene rings is 2. The highest BCUT2D eigenvalue weighted by Crippen LogP contribution is 2.30. The molecule has 0 aliphatic heterocycles. The third kappa shape index (κ3) is 4.02. The molecule has 0 fully saturated rings. The van der Waals surface area contributed by atoms with Crippen LogP contribution in [0.5, 0.6) is 11.5 Å². The Bertz CT molecular complexity index is 659. The summed E-state index contributed by atoms with van der Waals surface area (Å²) in [7, 11) is 3.22. The summed E-state index contributed by atoms with van der Waals surface area (Å²) in [6, 6.07) is 14.2. The molecule has 23 heavy (non-hydrogen) atoms. The number of carbonyl (C=O) groups is 1. The van der Waals surface area contributed by atoms with E-state index in [0.717, 1.165) is 22.6 Å². The largest absolute Gasteiger partial charge is 0.497 e. The first-order valence-corrected chi connectivity index (χ1v) is 7.39. The van der Waals surface area contributed by atoms with E-state index in [0.29, 0.717) is 0 Å². The number of hydrogen-bond acceptors (Lipinski definition) is 4. The SMILES string of the molecule is COc1ccc(OC)c(C(C)NC(C(N)=O)c2ccccc2)c1. The summed E-state index contributed by atoms with van der Waals surface area (Å²) in [6.45, 7) is 1.95. The molecule has 3 N–H and O–H groups in total. The normalized spacial score (nSPS) is 13.2. The van der Waals surface area contributed by atoms with Crippen molar-refractivity contribution in [2.24, 2.45) is 5.73 Å². The number of nitrogens with two attached hydrogens (primary N) is 1. The molecule has 0 aromatic heterocycles. The molecule has 0 heterocycles. The van der Waals surface area contributed by atoms with E-state index in [9.17, 15) is 4.79 Å². The molecule has 122 valence electrons. The Labute approximate surface area is 136 Å². The zero-order chi connectivity index (χ0) is 16.8. The highest BCUT2D eigenvalue weighted by atomic mass is 16.5. The lowest BCUT2D eigenvalue weighted by Gasteiger charge is -2.23. The van der Waals surface area contributed by atoms with Crippen LogP contribution in [0.4, 0.5) is 0 Å². The molecule has 0 saturated carbocycles. The third-order valence-electron chi connectivity index (χ3n) is 3.74. The van der Waals surface area contributed by atoms with Crippen molar-refractivity contribution in [3.8, 4) is 11.5 Å². The van der Waals surface area contributed by atoms with Crippen LogP contribution in [0.25, 0.3) is 0 Å². The monoisotopic (exact) mass is 314 g/mol. The topological polar surface area (TPSA) is 73.6 Å². The first-order valence-electron chi connectivity index (χ1n) is 7.39. The predicted molar refractivity (Wildman–Crippen MR) is 89.5 cm³/mol. The Hall–Kier alpha value is -2.53. The predicted octanol–water partition coefficient (Wildman–Crippen LogP) is 2.58. The number of carbonyl (C=O) groups excluding carboxylic acids is 1. The minimum atomic E-state index is -0.581. The summed E-state index contributed by atoms with van der Waals surface area (Å²) >= 11 is 0. The van der Waals surface area contributed by atoms with E-state index in [-0.39, 0.29) is 6.04 Å². The van der Waals surface area contributed by atoms with E-state index in [1.165, 1.54) is 0 Å². The van der Waals surface area contributed by atoms with Gasteiger partial charge in [-0.05, 0) is 30.7 Å². The van der Waals surface area contributed by atoms with Crippen molar-refractivity contribution in [1.29, 1.82) is 0 Å². The van der Waals surface area contributed by atoms with Gasteiger partial charge in [-0.15, -0.1) is 0 Å². The van der Waals surface area contributed by atoms with Gasteiger partial charge in [0.05, 0.1) is 14.2 Å². The quantitative estimate of drug-likeness (QED) is 0.824. The van der Waals surface area contributed by atoms with E-state index in [1.54, 1.807) is 14.2 Å². The van der Waals surface area contributed by atoms with Gasteiger partial charge in [0.15, 0.2) is 0 Å². The van der Waals surface area contributed by atoms with Crippen LogP contribution >= 0.6 is 0 Å². The van der Waals surface area contributed by atoms with Crippen LogP contribution in [0.1, 0.15) is 30.1 Å². The van der Waals surface area contributed by atoms with Gasteiger partial charge in [0.25, 0.3) is 0 Å². The van der Waals surface area contributed by atoms with E-state index >= 15 is 0 Å². The molecule has 0 spiro atoms. The van der Waals surface area contributed by atoms with Crippen molar-refractivity contribution < 1.29 is 14.3 Å². The van der Waals surface area contributed by atoms with Crippen LogP contribution in [-0.4, -0.2) is 20.1 Å². The van der Waals surface area contributed by atoms with Gasteiger partial charge >= 0.3 is 0 Å². The van der Waals surface area contributed by atoms with Gasteiger partial charge in [-0.25, -0.2) is 0 Å². The average molecular weight is 314 g/mol. The molecular weight excluding hydrogens is 292 g/mol. The van der Waals surface area contributed by atoms with Crippen molar-refractivity contribution in [3.05, 3.63) is 59.7 Å². The molecular formula is C18H22N2O3. The van der Waals surface area contributed by atoms with Gasteiger partial charge in [-0.3, -0.25) is 10.1 Å². The lowest BCUT2D eigenvalue weighted by molar-refractivity contribution is -0.120. The molecule has 2 rings (SSSR count). The van der Waals surface area contributed by atoms with Crippen LogP contribution in [-0.2, 0) is 4.79 Å². The number of rotatable bonds is 7. The Morgan fingerprint density at radius 3 is 2.35 bits per heavy atom. The summed E-state index contributed by atoms with van der Waals surface area (Å²) in [5, 5.41) is 3.26. The van der Waals surface area contributed by atoms with Crippen molar-refractivity contribution >= 4 is 5.91 Å². The summed E-state index contributed by atoms with van der Waals surface area (Å²) in [6.07, 6.45) is 0. The Morgan fingerprint density at radius 1 is 1.09 bits per heavy atom. The maximum atomic E-state index is 11.8. The van der Waals surface area contributed by atoms with E-state index in [1.807, 2.05) is 55.5 Å². The Morgan fingerprint density at radius 2 is 1.78 bits per heavy atom. The Balaban J connectivity index is 2.29. The van der Waals surface area contributed by atoms with E-state index < -0.39 is 11.9 Å². The van der Waals surface area contributed by atoms with Crippen molar-refractivity contribution in [3.63, 3.8) is 0 Å². The lowest BCUT2D eigenvalue weighted by atomic mass is 10.0. The standard InChI is InChI=1S/C18H22N2O3/c1-12(15-11-14(22-2)9-10-16(15)23-3)20-17(18(19)21)13-7-5-4-6-8-13/h4-12,17,20H,1-3H3,(H2,19,21). The number of methoxy groups -OCH3 is 2. The summed E-state index contributed by atoms with van der Waals surface area (Å²) < 4.78 is 10.7. The third-order valence-corrected chi connectivity index (χ3v) is 3.74. The fourth-order valence-corrected chi connectivity index (χ4v) is 2.51. The zero-order valence-electron chi connectivity index (χ0n) is 13.6. The Kier molecular flexibility index (Phi) is 5.60. The van der Waals surface area contributed by atoms with Gasteiger partial charge in [0.1, 0.15) is 17.5 Å². The molecule has 1 amide bonds. The van der Waals surface area contributed by atoms with Gasteiger partial charge in [0, 0.05) is 11.6 Å². The van der Waals surface area contributed by atoms with Crippen molar-refractivity contribution in [2.75, 3.05) is 14.2 Å². The first kappa shape index (κ1) is 16.8. The van der Waals surface area contributed by atoms with Gasteiger partial charge < -0.3 is 15.2 Å². The second-order valence-corrected chi connectivity index (χ2v) is 5.24. The fraction of sp³-hybridized carbons (Fsp3) is 0.278. The second-order valence-electron chi connectivity index (χ2n) is 5.24. The summed E-state index contributed by atoms with van der Waals surface area (Å²) in [5.41, 5.74) is 7.29. The van der Waals surface area contributed by atoms with Crippen molar-refractivity contribution in [2.45, 2.75) is 19.0 Å². The first-order chi connectivity index (χ1) is 11.1. The van der Waals surface area contributed by atoms with Gasteiger partial charge in [-0.2, -0.15) is 0 Å². The van der Waals surface area contributed by atoms with Crippen LogP contribution in [0.2, 0.25) is 0 Å². The number of primary amides is 1. The van der Waals surface area contributed by atoms with Gasteiger partial charge in [-0.1, -0.05) is 30.3 Å². The molecule has 2 unspecified atom stereocenters. The highest BCUT2D eigenvalue weighted by molar-refractivity contribution is 5.81. The van der Waals surface area contributed by atoms with Crippen LogP contribution < -0.4 is 20.5 Å². The molecule has 5 nitrogen and oxygen atoms in total. The summed E-state index contributed by atoms with van der Waals surface area (Å²) in [5.74, 6) is 1.02. The number of hydrogen-bond donors (Lipinski definition) is 2. The fourth-order valence-electron chi connectivity index (χ4n) is 2.51. The number of ether oxygens (including phenoxy) is 2. The average Bonchev–Trinajstić information content (AvgIpc) is 2.59.